The average Bonchev–Trinajstić information content (AvgIpc) is 2.45. The zero-order valence-electron chi connectivity index (χ0n) is 12.2. The number of hydrogen-bond donors (Lipinski definition) is 2. The quantitative estimate of drug-likeness (QED) is 0.885. The summed E-state index contributed by atoms with van der Waals surface area (Å²) >= 11 is 0. The van der Waals surface area contributed by atoms with E-state index in [1.54, 1.807) is 18.2 Å². The molecule has 0 fully saturated rings. The van der Waals surface area contributed by atoms with Crippen LogP contribution in [0.15, 0.2) is 36.4 Å². The first-order valence-corrected chi connectivity index (χ1v) is 7.04. The van der Waals surface area contributed by atoms with Crippen molar-refractivity contribution in [1.29, 1.82) is 0 Å². The molecule has 0 aromatic heterocycles. The molecule has 0 spiro atoms. The molecule has 0 aliphatic carbocycles. The van der Waals surface area contributed by atoms with Crippen molar-refractivity contribution in [1.82, 2.24) is 5.32 Å². The number of amides is 1. The minimum Gasteiger partial charge on any atom is -0.478 e. The number of carboxylic acid groups (broad SMARTS) is 1. The van der Waals surface area contributed by atoms with Crippen molar-refractivity contribution in [3.05, 3.63) is 47.5 Å². The van der Waals surface area contributed by atoms with Crippen LogP contribution >= 0.6 is 0 Å². The van der Waals surface area contributed by atoms with E-state index in [4.69, 9.17) is 0 Å². The lowest BCUT2D eigenvalue weighted by molar-refractivity contribution is 0.0699. The molecular formula is C17H19NO3. The zero-order chi connectivity index (χ0) is 15.4. The van der Waals surface area contributed by atoms with Crippen LogP contribution in [0.2, 0.25) is 0 Å². The summed E-state index contributed by atoms with van der Waals surface area (Å²) in [6.07, 6.45) is 0.891. The third-order valence-corrected chi connectivity index (χ3v) is 3.39. The molecule has 0 aliphatic heterocycles. The van der Waals surface area contributed by atoms with Gasteiger partial charge in [-0.3, -0.25) is 4.79 Å². The van der Waals surface area contributed by atoms with Crippen molar-refractivity contribution in [2.45, 2.75) is 20.3 Å². The summed E-state index contributed by atoms with van der Waals surface area (Å²) < 4.78 is 0. The second-order valence-electron chi connectivity index (χ2n) is 5.45. The smallest absolute Gasteiger partial charge is 0.336 e. The first kappa shape index (κ1) is 15.0. The van der Waals surface area contributed by atoms with Gasteiger partial charge in [0.15, 0.2) is 0 Å². The molecule has 0 saturated carbocycles. The van der Waals surface area contributed by atoms with Gasteiger partial charge in [0.25, 0.3) is 5.91 Å². The third-order valence-electron chi connectivity index (χ3n) is 3.39. The van der Waals surface area contributed by atoms with E-state index in [-0.39, 0.29) is 11.5 Å². The van der Waals surface area contributed by atoms with Crippen LogP contribution in [0.3, 0.4) is 0 Å². The number of carboxylic acids is 1. The van der Waals surface area contributed by atoms with Crippen molar-refractivity contribution >= 4 is 22.6 Å². The molecule has 0 bridgehead atoms. The van der Waals surface area contributed by atoms with Gasteiger partial charge >= 0.3 is 5.97 Å². The Hall–Kier alpha value is -2.36. The highest BCUT2D eigenvalue weighted by Gasteiger charge is 2.16. The molecule has 0 aliphatic rings. The minimum absolute atomic E-state index is 0.155. The van der Waals surface area contributed by atoms with Crippen molar-refractivity contribution < 1.29 is 14.7 Å². The van der Waals surface area contributed by atoms with Crippen molar-refractivity contribution in [3.63, 3.8) is 0 Å². The molecule has 2 N–H and O–H groups in total. The Morgan fingerprint density at radius 2 is 1.71 bits per heavy atom. The Balaban J connectivity index is 2.39. The van der Waals surface area contributed by atoms with Crippen LogP contribution in [0.4, 0.5) is 0 Å². The van der Waals surface area contributed by atoms with Crippen molar-refractivity contribution in [2.24, 2.45) is 5.92 Å². The van der Waals surface area contributed by atoms with Crippen LogP contribution in [0, 0.1) is 5.92 Å². The Bertz CT molecular complexity index is 672. The van der Waals surface area contributed by atoms with E-state index in [1.807, 2.05) is 12.1 Å². The summed E-state index contributed by atoms with van der Waals surface area (Å²) in [5.74, 6) is -0.745. The second kappa shape index (κ2) is 6.39. The molecule has 0 atom stereocenters. The van der Waals surface area contributed by atoms with Crippen LogP contribution in [-0.2, 0) is 0 Å². The maximum atomic E-state index is 12.3. The SMILES string of the molecule is CC(C)CCNC(=O)c1cccc2cccc(C(=O)O)c12. The summed E-state index contributed by atoms with van der Waals surface area (Å²) in [4.78, 5) is 23.7. The van der Waals surface area contributed by atoms with Gasteiger partial charge in [0.05, 0.1) is 5.56 Å². The number of carbonyl (C=O) groups is 2. The van der Waals surface area contributed by atoms with Crippen LogP contribution in [-0.4, -0.2) is 23.5 Å². The van der Waals surface area contributed by atoms with Gasteiger partial charge in [-0.05, 0) is 29.9 Å². The van der Waals surface area contributed by atoms with Crippen molar-refractivity contribution in [3.8, 4) is 0 Å². The van der Waals surface area contributed by atoms with E-state index in [1.165, 1.54) is 6.07 Å². The first-order valence-electron chi connectivity index (χ1n) is 7.04. The van der Waals surface area contributed by atoms with Gasteiger partial charge in [-0.2, -0.15) is 0 Å². The molecule has 4 nitrogen and oxygen atoms in total. The van der Waals surface area contributed by atoms with Gasteiger partial charge in [-0.15, -0.1) is 0 Å². The topological polar surface area (TPSA) is 66.4 Å². The molecule has 0 unspecified atom stereocenters. The Morgan fingerprint density at radius 3 is 2.29 bits per heavy atom. The first-order chi connectivity index (χ1) is 10.0. The Kier molecular flexibility index (Phi) is 4.58. The maximum Gasteiger partial charge on any atom is 0.336 e. The number of nitrogens with one attached hydrogen (secondary N) is 1. The Labute approximate surface area is 123 Å². The molecular weight excluding hydrogens is 266 g/mol. The Morgan fingerprint density at radius 1 is 1.10 bits per heavy atom. The fraction of sp³-hybridized carbons (Fsp3) is 0.294. The minimum atomic E-state index is -1.02. The predicted molar refractivity (Wildman–Crippen MR) is 82.7 cm³/mol. The molecule has 2 rings (SSSR count). The highest BCUT2D eigenvalue weighted by atomic mass is 16.4. The van der Waals surface area contributed by atoms with E-state index in [9.17, 15) is 14.7 Å². The average molecular weight is 285 g/mol. The summed E-state index contributed by atoms with van der Waals surface area (Å²) in [5.41, 5.74) is 0.566. The van der Waals surface area contributed by atoms with Crippen LogP contribution in [0.1, 0.15) is 41.0 Å². The van der Waals surface area contributed by atoms with E-state index >= 15 is 0 Å². The third kappa shape index (κ3) is 3.40. The van der Waals surface area contributed by atoms with Gasteiger partial charge < -0.3 is 10.4 Å². The monoisotopic (exact) mass is 285 g/mol. The zero-order valence-corrected chi connectivity index (χ0v) is 12.2. The van der Waals surface area contributed by atoms with Gasteiger partial charge in [0, 0.05) is 17.5 Å². The van der Waals surface area contributed by atoms with Gasteiger partial charge in [0.2, 0.25) is 0 Å². The normalized spacial score (nSPS) is 10.8. The highest BCUT2D eigenvalue weighted by Crippen LogP contribution is 2.23. The van der Waals surface area contributed by atoms with Gasteiger partial charge in [-0.25, -0.2) is 4.79 Å². The molecule has 0 saturated heterocycles. The van der Waals surface area contributed by atoms with Crippen molar-refractivity contribution in [2.75, 3.05) is 6.54 Å². The fourth-order valence-electron chi connectivity index (χ4n) is 2.28. The lowest BCUT2D eigenvalue weighted by Gasteiger charge is -2.11. The van der Waals surface area contributed by atoms with Crippen LogP contribution < -0.4 is 5.32 Å². The van der Waals surface area contributed by atoms with E-state index in [2.05, 4.69) is 19.2 Å². The summed E-state index contributed by atoms with van der Waals surface area (Å²) in [7, 11) is 0. The largest absolute Gasteiger partial charge is 0.478 e. The highest BCUT2D eigenvalue weighted by molar-refractivity contribution is 6.14. The molecule has 0 radical (unpaired) electrons. The fourth-order valence-corrected chi connectivity index (χ4v) is 2.28. The van der Waals surface area contributed by atoms with Gasteiger partial charge in [0.1, 0.15) is 0 Å². The molecule has 21 heavy (non-hydrogen) atoms. The van der Waals surface area contributed by atoms with E-state index < -0.39 is 5.97 Å². The van der Waals surface area contributed by atoms with Gasteiger partial charge in [-0.1, -0.05) is 38.1 Å². The summed E-state index contributed by atoms with van der Waals surface area (Å²) in [5, 5.41) is 13.4. The summed E-state index contributed by atoms with van der Waals surface area (Å²) in [6.45, 7) is 4.77. The molecule has 110 valence electrons. The molecule has 1 amide bonds. The van der Waals surface area contributed by atoms with Crippen LogP contribution in [0.5, 0.6) is 0 Å². The molecule has 2 aromatic carbocycles. The number of rotatable bonds is 5. The second-order valence-corrected chi connectivity index (χ2v) is 5.45. The van der Waals surface area contributed by atoms with E-state index in [0.717, 1.165) is 11.8 Å². The van der Waals surface area contributed by atoms with E-state index in [0.29, 0.717) is 23.4 Å². The summed E-state index contributed by atoms with van der Waals surface area (Å²) in [6, 6.07) is 10.3. The van der Waals surface area contributed by atoms with Crippen LogP contribution in [0.25, 0.3) is 10.8 Å². The molecule has 4 heteroatoms. The lowest BCUT2D eigenvalue weighted by Crippen LogP contribution is -2.25. The number of benzene rings is 2. The number of carbonyl (C=O) groups excluding carboxylic acids is 1. The lowest BCUT2D eigenvalue weighted by atomic mass is 9.98. The standard InChI is InChI=1S/C17H19NO3/c1-11(2)9-10-18-16(19)13-7-3-5-12-6-4-8-14(15(12)13)17(20)21/h3-8,11H,9-10H2,1-2H3,(H,18,19)(H,20,21). The predicted octanol–water partition coefficient (Wildman–Crippen LogP) is 3.31. The molecule has 2 aromatic rings. The number of aromatic carboxylic acids is 1. The number of fused-ring (bicyclic) bond motifs is 1. The maximum absolute atomic E-state index is 12.3. The number of hydrogen-bond acceptors (Lipinski definition) is 2. The molecule has 0 heterocycles.